The number of aromatic nitrogens is 1. The van der Waals surface area contributed by atoms with Gasteiger partial charge in [-0.1, -0.05) is 36.4 Å². The van der Waals surface area contributed by atoms with Crippen molar-refractivity contribution in [3.63, 3.8) is 0 Å². The molecular weight excluding hydrogens is 430 g/mol. The number of likely N-dealkylation sites (N-methyl/N-ethyl adjacent to an activating group) is 1. The molecule has 4 aromatic rings. The molecule has 1 heterocycles. The first-order chi connectivity index (χ1) is 16.5. The molecule has 0 unspecified atom stereocenters. The highest BCUT2D eigenvalue weighted by Gasteiger charge is 2.20. The first-order valence-corrected chi connectivity index (χ1v) is 10.7. The number of pyridine rings is 1. The molecule has 0 radical (unpaired) electrons. The molecule has 1 aromatic heterocycles. The maximum absolute atomic E-state index is 13.4. The lowest BCUT2D eigenvalue weighted by molar-refractivity contribution is -0.116. The third kappa shape index (κ3) is 4.83. The number of nitrogens with zero attached hydrogens (tertiary/aromatic N) is 2. The smallest absolute Gasteiger partial charge is 0.254 e. The second kappa shape index (κ2) is 10.0. The number of para-hydroxylation sites is 2. The summed E-state index contributed by atoms with van der Waals surface area (Å²) >= 11 is 0. The predicted octanol–water partition coefficient (Wildman–Crippen LogP) is 4.63. The number of hydrogen-bond acceptors (Lipinski definition) is 5. The maximum atomic E-state index is 13.4. The molecule has 4 rings (SSSR count). The van der Waals surface area contributed by atoms with Gasteiger partial charge in [-0.25, -0.2) is 4.98 Å². The van der Waals surface area contributed by atoms with Crippen LogP contribution in [-0.4, -0.2) is 49.5 Å². The van der Waals surface area contributed by atoms with Crippen molar-refractivity contribution >= 4 is 28.4 Å². The van der Waals surface area contributed by atoms with Crippen LogP contribution in [0.5, 0.6) is 11.5 Å². The summed E-state index contributed by atoms with van der Waals surface area (Å²) in [5.74, 6) is 0.620. The zero-order valence-corrected chi connectivity index (χ0v) is 19.2. The molecule has 34 heavy (non-hydrogen) atoms. The van der Waals surface area contributed by atoms with Crippen LogP contribution in [-0.2, 0) is 4.79 Å². The summed E-state index contributed by atoms with van der Waals surface area (Å²) in [6, 6.07) is 23.8. The van der Waals surface area contributed by atoms with Crippen LogP contribution in [0.4, 0.5) is 5.69 Å². The van der Waals surface area contributed by atoms with Gasteiger partial charge < -0.3 is 19.7 Å². The molecule has 0 bridgehead atoms. The van der Waals surface area contributed by atoms with Crippen LogP contribution in [0.15, 0.2) is 78.9 Å². The van der Waals surface area contributed by atoms with Crippen LogP contribution in [0.1, 0.15) is 10.4 Å². The SMILES string of the molecule is COc1ccc(-c2cc(C(=O)N(C)CC(=O)Nc3ccccc3)c3ccccc3n2)cc1OC. The van der Waals surface area contributed by atoms with Gasteiger partial charge >= 0.3 is 0 Å². The average molecular weight is 456 g/mol. The largest absolute Gasteiger partial charge is 0.493 e. The maximum Gasteiger partial charge on any atom is 0.254 e. The van der Waals surface area contributed by atoms with E-state index in [0.717, 1.165) is 5.56 Å². The van der Waals surface area contributed by atoms with Crippen LogP contribution >= 0.6 is 0 Å². The van der Waals surface area contributed by atoms with Gasteiger partial charge in [-0.3, -0.25) is 9.59 Å². The van der Waals surface area contributed by atoms with Gasteiger partial charge in [0.15, 0.2) is 11.5 Å². The molecular formula is C27H25N3O4. The lowest BCUT2D eigenvalue weighted by Gasteiger charge is -2.19. The normalized spacial score (nSPS) is 10.6. The van der Waals surface area contributed by atoms with E-state index in [2.05, 4.69) is 5.32 Å². The zero-order chi connectivity index (χ0) is 24.1. The summed E-state index contributed by atoms with van der Waals surface area (Å²) in [6.45, 7) is -0.0872. The van der Waals surface area contributed by atoms with E-state index < -0.39 is 0 Å². The number of carbonyl (C=O) groups excluding carboxylic acids is 2. The number of hydrogen-bond donors (Lipinski definition) is 1. The third-order valence-corrected chi connectivity index (χ3v) is 5.41. The number of rotatable bonds is 7. The Morgan fingerprint density at radius 1 is 0.882 bits per heavy atom. The molecule has 0 aliphatic carbocycles. The molecule has 0 spiro atoms. The van der Waals surface area contributed by atoms with E-state index in [1.54, 1.807) is 45.5 Å². The Kier molecular flexibility index (Phi) is 6.73. The van der Waals surface area contributed by atoms with Crippen molar-refractivity contribution in [2.75, 3.05) is 33.1 Å². The Morgan fingerprint density at radius 3 is 2.32 bits per heavy atom. The monoisotopic (exact) mass is 455 g/mol. The van der Waals surface area contributed by atoms with Gasteiger partial charge in [-0.05, 0) is 42.5 Å². The molecule has 2 amide bonds. The Morgan fingerprint density at radius 2 is 1.59 bits per heavy atom. The minimum atomic E-state index is -0.277. The molecule has 7 nitrogen and oxygen atoms in total. The fourth-order valence-corrected chi connectivity index (χ4v) is 3.71. The van der Waals surface area contributed by atoms with Crippen molar-refractivity contribution in [3.05, 3.63) is 84.4 Å². The summed E-state index contributed by atoms with van der Waals surface area (Å²) in [7, 11) is 4.75. The number of methoxy groups -OCH3 is 2. The molecule has 3 aromatic carbocycles. The molecule has 0 aliphatic heterocycles. The quantitative estimate of drug-likeness (QED) is 0.440. The Labute approximate surface area is 197 Å². The van der Waals surface area contributed by atoms with E-state index in [1.165, 1.54) is 4.90 Å². The summed E-state index contributed by atoms with van der Waals surface area (Å²) < 4.78 is 10.7. The van der Waals surface area contributed by atoms with Crippen LogP contribution < -0.4 is 14.8 Å². The third-order valence-electron chi connectivity index (χ3n) is 5.41. The number of nitrogens with one attached hydrogen (secondary N) is 1. The molecule has 0 aliphatic rings. The van der Waals surface area contributed by atoms with Crippen molar-refractivity contribution in [1.82, 2.24) is 9.88 Å². The van der Waals surface area contributed by atoms with Crippen molar-refractivity contribution in [2.45, 2.75) is 0 Å². The number of fused-ring (bicyclic) bond motifs is 1. The number of ether oxygens (including phenoxy) is 2. The minimum Gasteiger partial charge on any atom is -0.493 e. The van der Waals surface area contributed by atoms with Crippen LogP contribution in [0.25, 0.3) is 22.2 Å². The van der Waals surface area contributed by atoms with Crippen LogP contribution in [0.2, 0.25) is 0 Å². The van der Waals surface area contributed by atoms with Crippen molar-refractivity contribution in [1.29, 1.82) is 0 Å². The van der Waals surface area contributed by atoms with Gasteiger partial charge in [0.25, 0.3) is 5.91 Å². The van der Waals surface area contributed by atoms with Gasteiger partial charge in [0, 0.05) is 23.7 Å². The first-order valence-electron chi connectivity index (χ1n) is 10.7. The Hall–Kier alpha value is -4.39. The second-order valence-corrected chi connectivity index (χ2v) is 7.72. The lowest BCUT2D eigenvalue weighted by atomic mass is 10.0. The van der Waals surface area contributed by atoms with Gasteiger partial charge in [0.1, 0.15) is 0 Å². The van der Waals surface area contributed by atoms with E-state index in [4.69, 9.17) is 14.5 Å². The molecule has 0 saturated heterocycles. The van der Waals surface area contributed by atoms with E-state index in [-0.39, 0.29) is 18.4 Å². The highest BCUT2D eigenvalue weighted by atomic mass is 16.5. The Bertz CT molecular complexity index is 1340. The summed E-state index contributed by atoms with van der Waals surface area (Å²) in [5.41, 5.74) is 3.22. The van der Waals surface area contributed by atoms with Gasteiger partial charge in [0.05, 0.1) is 37.5 Å². The second-order valence-electron chi connectivity index (χ2n) is 7.72. The fourth-order valence-electron chi connectivity index (χ4n) is 3.71. The van der Waals surface area contributed by atoms with E-state index in [9.17, 15) is 9.59 Å². The number of anilines is 1. The summed E-state index contributed by atoms with van der Waals surface area (Å²) in [6.07, 6.45) is 0. The zero-order valence-electron chi connectivity index (χ0n) is 19.2. The van der Waals surface area contributed by atoms with Gasteiger partial charge in [-0.15, -0.1) is 0 Å². The summed E-state index contributed by atoms with van der Waals surface area (Å²) in [4.78, 5) is 32.1. The van der Waals surface area contributed by atoms with Gasteiger partial charge in [-0.2, -0.15) is 0 Å². The molecule has 0 fully saturated rings. The molecule has 0 atom stereocenters. The molecule has 1 N–H and O–H groups in total. The standard InChI is InChI=1S/C27H25N3O4/c1-30(17-26(31)28-19-9-5-4-6-10-19)27(32)21-16-23(29-22-12-8-7-11-20(21)22)18-13-14-24(33-2)25(15-18)34-3/h4-16H,17H2,1-3H3,(H,28,31). The van der Waals surface area contributed by atoms with Gasteiger partial charge in [0.2, 0.25) is 5.91 Å². The van der Waals surface area contributed by atoms with Crippen LogP contribution in [0, 0.1) is 0 Å². The van der Waals surface area contributed by atoms with E-state index >= 15 is 0 Å². The fraction of sp³-hybridized carbons (Fsp3) is 0.148. The number of carbonyl (C=O) groups is 2. The molecule has 172 valence electrons. The van der Waals surface area contributed by atoms with E-state index in [1.807, 2.05) is 54.6 Å². The average Bonchev–Trinajstić information content (AvgIpc) is 2.87. The molecule has 0 saturated carbocycles. The van der Waals surface area contributed by atoms with Crippen molar-refractivity contribution in [3.8, 4) is 22.8 Å². The summed E-state index contributed by atoms with van der Waals surface area (Å²) in [5, 5.41) is 3.52. The minimum absolute atomic E-state index is 0.0872. The highest BCUT2D eigenvalue weighted by molar-refractivity contribution is 6.08. The number of benzene rings is 3. The van der Waals surface area contributed by atoms with E-state index in [0.29, 0.717) is 39.3 Å². The first kappa shape index (κ1) is 22.8. The topological polar surface area (TPSA) is 80.8 Å². The lowest BCUT2D eigenvalue weighted by Crippen LogP contribution is -2.35. The predicted molar refractivity (Wildman–Crippen MR) is 132 cm³/mol. The Balaban J connectivity index is 1.66. The number of amides is 2. The van der Waals surface area contributed by atoms with Crippen molar-refractivity contribution < 1.29 is 19.1 Å². The highest BCUT2D eigenvalue weighted by Crippen LogP contribution is 2.33. The van der Waals surface area contributed by atoms with Crippen molar-refractivity contribution in [2.24, 2.45) is 0 Å². The molecule has 7 heteroatoms. The van der Waals surface area contributed by atoms with Crippen LogP contribution in [0.3, 0.4) is 0 Å².